The van der Waals surface area contributed by atoms with Gasteiger partial charge in [-0.05, 0) is 17.7 Å². The Kier molecular flexibility index (Phi) is 5.72. The number of hydrogen-bond donors (Lipinski definition) is 1. The second-order valence-corrected chi connectivity index (χ2v) is 7.98. The molecule has 6 nitrogen and oxygen atoms in total. The molecule has 1 aromatic carbocycles. The molecule has 8 heteroatoms. The standard InChI is InChI=1S/C15H22FN3O3S/c1-17-7-9-18(10-8-17)15(20)12-19(23(2,21)22)11-13-3-5-14(16)6-4-13/h3-6H,7-12H2,1-2H3/p+1. The van der Waals surface area contributed by atoms with E-state index < -0.39 is 10.0 Å². The summed E-state index contributed by atoms with van der Waals surface area (Å²) in [6, 6.07) is 5.61. The average Bonchev–Trinajstić information content (AvgIpc) is 2.48. The van der Waals surface area contributed by atoms with E-state index in [9.17, 15) is 17.6 Å². The van der Waals surface area contributed by atoms with E-state index in [0.29, 0.717) is 18.7 Å². The Morgan fingerprint density at radius 3 is 2.35 bits per heavy atom. The van der Waals surface area contributed by atoms with Crippen molar-refractivity contribution in [1.82, 2.24) is 9.21 Å². The van der Waals surface area contributed by atoms with Crippen LogP contribution in [-0.4, -0.2) is 69.6 Å². The normalized spacial score (nSPS) is 16.8. The monoisotopic (exact) mass is 344 g/mol. The zero-order valence-electron chi connectivity index (χ0n) is 13.5. The van der Waals surface area contributed by atoms with E-state index in [1.54, 1.807) is 4.90 Å². The molecule has 0 spiro atoms. The first kappa shape index (κ1) is 17.8. The van der Waals surface area contributed by atoms with Gasteiger partial charge in [0.1, 0.15) is 5.82 Å². The van der Waals surface area contributed by atoms with Crippen molar-refractivity contribution in [3.05, 3.63) is 35.6 Å². The lowest BCUT2D eigenvalue weighted by molar-refractivity contribution is -0.883. The van der Waals surface area contributed by atoms with Gasteiger partial charge in [0, 0.05) is 6.54 Å². The molecule has 128 valence electrons. The zero-order valence-corrected chi connectivity index (χ0v) is 14.3. The molecule has 1 amide bonds. The molecule has 0 atom stereocenters. The number of benzene rings is 1. The third kappa shape index (κ3) is 5.26. The van der Waals surface area contributed by atoms with Gasteiger partial charge in [0.2, 0.25) is 15.9 Å². The van der Waals surface area contributed by atoms with Gasteiger partial charge in [-0.15, -0.1) is 0 Å². The van der Waals surface area contributed by atoms with Crippen LogP contribution in [0, 0.1) is 5.82 Å². The molecule has 0 bridgehead atoms. The van der Waals surface area contributed by atoms with Gasteiger partial charge < -0.3 is 9.80 Å². The lowest BCUT2D eigenvalue weighted by atomic mass is 10.2. The Balaban J connectivity index is 2.04. The first-order valence-corrected chi connectivity index (χ1v) is 9.39. The third-order valence-electron chi connectivity index (χ3n) is 4.02. The maximum atomic E-state index is 12.9. The molecule has 0 saturated carbocycles. The zero-order chi connectivity index (χ0) is 17.0. The van der Waals surface area contributed by atoms with Gasteiger partial charge in [-0.1, -0.05) is 12.1 Å². The molecular weight excluding hydrogens is 321 g/mol. The maximum Gasteiger partial charge on any atom is 0.238 e. The van der Waals surface area contributed by atoms with Crippen LogP contribution in [0.4, 0.5) is 4.39 Å². The Morgan fingerprint density at radius 2 is 1.83 bits per heavy atom. The van der Waals surface area contributed by atoms with Crippen molar-refractivity contribution in [2.75, 3.05) is 46.0 Å². The Bertz CT molecular complexity index is 640. The number of likely N-dealkylation sites (N-methyl/N-ethyl adjacent to an activating group) is 1. The lowest BCUT2D eigenvalue weighted by Crippen LogP contribution is -3.12. The van der Waals surface area contributed by atoms with Crippen LogP contribution in [0.2, 0.25) is 0 Å². The molecule has 1 saturated heterocycles. The minimum atomic E-state index is -3.53. The van der Waals surface area contributed by atoms with Crippen LogP contribution in [-0.2, 0) is 21.4 Å². The molecule has 1 aliphatic rings. The van der Waals surface area contributed by atoms with Crippen molar-refractivity contribution < 1.29 is 22.5 Å². The highest BCUT2D eigenvalue weighted by Crippen LogP contribution is 2.10. The van der Waals surface area contributed by atoms with Crippen LogP contribution in [0.1, 0.15) is 5.56 Å². The molecule has 1 aliphatic heterocycles. The quantitative estimate of drug-likeness (QED) is 0.741. The Labute approximate surface area is 136 Å². The van der Waals surface area contributed by atoms with Crippen molar-refractivity contribution in [3.63, 3.8) is 0 Å². The number of nitrogens with zero attached hydrogens (tertiary/aromatic N) is 2. The van der Waals surface area contributed by atoms with Crippen molar-refractivity contribution >= 4 is 15.9 Å². The summed E-state index contributed by atoms with van der Waals surface area (Å²) in [5, 5.41) is 0. The summed E-state index contributed by atoms with van der Waals surface area (Å²) in [5.41, 5.74) is 0.646. The molecule has 1 fully saturated rings. The highest BCUT2D eigenvalue weighted by atomic mass is 32.2. The molecule has 0 unspecified atom stereocenters. The molecular formula is C15H23FN3O3S+. The number of quaternary nitrogens is 1. The summed E-state index contributed by atoms with van der Waals surface area (Å²) in [5.74, 6) is -0.569. The van der Waals surface area contributed by atoms with Gasteiger partial charge in [-0.25, -0.2) is 12.8 Å². The van der Waals surface area contributed by atoms with Gasteiger partial charge in [-0.3, -0.25) is 4.79 Å². The first-order valence-electron chi connectivity index (χ1n) is 7.54. The molecule has 23 heavy (non-hydrogen) atoms. The highest BCUT2D eigenvalue weighted by Gasteiger charge is 2.26. The number of piperazine rings is 1. The molecule has 0 aliphatic carbocycles. The lowest BCUT2D eigenvalue weighted by Gasteiger charge is -2.31. The number of hydrogen-bond acceptors (Lipinski definition) is 3. The van der Waals surface area contributed by atoms with E-state index in [1.807, 2.05) is 0 Å². The van der Waals surface area contributed by atoms with Gasteiger partial charge >= 0.3 is 0 Å². The number of amides is 1. The fourth-order valence-corrected chi connectivity index (χ4v) is 3.20. The minimum absolute atomic E-state index is 0.0594. The molecule has 1 N–H and O–H groups in total. The largest absolute Gasteiger partial charge is 0.334 e. The molecule has 2 rings (SSSR count). The Morgan fingerprint density at radius 1 is 1.26 bits per heavy atom. The van der Waals surface area contributed by atoms with Crippen LogP contribution in [0.25, 0.3) is 0 Å². The summed E-state index contributed by atoms with van der Waals surface area (Å²) in [4.78, 5) is 15.4. The second kappa shape index (κ2) is 7.37. The van der Waals surface area contributed by atoms with Crippen LogP contribution >= 0.6 is 0 Å². The third-order valence-corrected chi connectivity index (χ3v) is 5.22. The number of rotatable bonds is 5. The van der Waals surface area contributed by atoms with Crippen LogP contribution in [0.3, 0.4) is 0 Å². The van der Waals surface area contributed by atoms with E-state index in [4.69, 9.17) is 0 Å². The predicted octanol–water partition coefficient (Wildman–Crippen LogP) is -1.06. The molecule has 1 aromatic rings. The van der Waals surface area contributed by atoms with Crippen molar-refractivity contribution in [2.24, 2.45) is 0 Å². The van der Waals surface area contributed by atoms with Crippen molar-refractivity contribution in [3.8, 4) is 0 Å². The van der Waals surface area contributed by atoms with Gasteiger partial charge in [0.05, 0.1) is 46.0 Å². The van der Waals surface area contributed by atoms with E-state index in [2.05, 4.69) is 7.05 Å². The van der Waals surface area contributed by atoms with Crippen molar-refractivity contribution in [1.29, 1.82) is 0 Å². The van der Waals surface area contributed by atoms with E-state index in [0.717, 1.165) is 23.7 Å². The topological polar surface area (TPSA) is 62.1 Å². The summed E-state index contributed by atoms with van der Waals surface area (Å²) in [6.45, 7) is 2.88. The number of nitrogens with one attached hydrogen (secondary N) is 1. The first-order chi connectivity index (χ1) is 10.8. The fraction of sp³-hybridized carbons (Fsp3) is 0.533. The van der Waals surface area contributed by atoms with Gasteiger partial charge in [0.25, 0.3) is 0 Å². The van der Waals surface area contributed by atoms with Crippen LogP contribution in [0.15, 0.2) is 24.3 Å². The van der Waals surface area contributed by atoms with Crippen molar-refractivity contribution in [2.45, 2.75) is 6.54 Å². The highest BCUT2D eigenvalue weighted by molar-refractivity contribution is 7.88. The predicted molar refractivity (Wildman–Crippen MR) is 84.9 cm³/mol. The maximum absolute atomic E-state index is 12.9. The number of halogens is 1. The summed E-state index contributed by atoms with van der Waals surface area (Å²) < 4.78 is 38.0. The molecule has 0 aromatic heterocycles. The average molecular weight is 344 g/mol. The fourth-order valence-electron chi connectivity index (χ4n) is 2.47. The van der Waals surface area contributed by atoms with Gasteiger partial charge in [0.15, 0.2) is 0 Å². The smallest absolute Gasteiger partial charge is 0.238 e. The van der Waals surface area contributed by atoms with E-state index >= 15 is 0 Å². The van der Waals surface area contributed by atoms with E-state index in [-0.39, 0.29) is 24.8 Å². The van der Waals surface area contributed by atoms with Crippen LogP contribution in [0.5, 0.6) is 0 Å². The number of carbonyl (C=O) groups excluding carboxylic acids is 1. The second-order valence-electron chi connectivity index (χ2n) is 6.00. The summed E-state index contributed by atoms with van der Waals surface area (Å²) in [7, 11) is -1.46. The Hall–Kier alpha value is -1.51. The summed E-state index contributed by atoms with van der Waals surface area (Å²) >= 11 is 0. The summed E-state index contributed by atoms with van der Waals surface area (Å²) in [6.07, 6.45) is 1.08. The van der Waals surface area contributed by atoms with Gasteiger partial charge in [-0.2, -0.15) is 4.31 Å². The number of sulfonamides is 1. The SMILES string of the molecule is C[NH+]1CCN(C(=O)CN(Cc2ccc(F)cc2)S(C)(=O)=O)CC1. The van der Waals surface area contributed by atoms with Crippen LogP contribution < -0.4 is 4.90 Å². The minimum Gasteiger partial charge on any atom is -0.334 e. The molecule has 0 radical (unpaired) electrons. The molecule has 1 heterocycles. The number of carbonyl (C=O) groups is 1. The van der Waals surface area contributed by atoms with E-state index in [1.165, 1.54) is 29.2 Å².